The Morgan fingerprint density at radius 1 is 0.471 bits per heavy atom. The SMILES string of the molecule is CCCCCCC/C=C\C/C=C\CCCCCCCCCCCCCC(=O)NC(CO)C(O)CCCCCCCCCCCCCCCCCC. The van der Waals surface area contributed by atoms with E-state index in [1.54, 1.807) is 0 Å². The van der Waals surface area contributed by atoms with Gasteiger partial charge in [-0.1, -0.05) is 224 Å². The maximum Gasteiger partial charge on any atom is 0.220 e. The van der Waals surface area contributed by atoms with Gasteiger partial charge in [0.1, 0.15) is 0 Å². The van der Waals surface area contributed by atoms with Crippen LogP contribution in [0.3, 0.4) is 0 Å². The van der Waals surface area contributed by atoms with Crippen molar-refractivity contribution >= 4 is 5.91 Å². The summed E-state index contributed by atoms with van der Waals surface area (Å²) in [5.41, 5.74) is 0. The van der Waals surface area contributed by atoms with E-state index in [-0.39, 0.29) is 12.5 Å². The summed E-state index contributed by atoms with van der Waals surface area (Å²) in [5, 5.41) is 23.2. The smallest absolute Gasteiger partial charge is 0.220 e. The summed E-state index contributed by atoms with van der Waals surface area (Å²) in [4.78, 5) is 12.4. The molecule has 4 heteroatoms. The number of carbonyl (C=O) groups excluding carboxylic acids is 1. The fraction of sp³-hybridized carbons (Fsp3) is 0.894. The van der Waals surface area contributed by atoms with Crippen LogP contribution >= 0.6 is 0 Å². The number of amides is 1. The Labute approximate surface area is 319 Å². The summed E-state index contributed by atoms with van der Waals surface area (Å²) in [6.45, 7) is 4.36. The molecule has 0 aromatic rings. The van der Waals surface area contributed by atoms with E-state index in [0.717, 1.165) is 32.1 Å². The van der Waals surface area contributed by atoms with Crippen LogP contribution in [0.15, 0.2) is 24.3 Å². The average molecular weight is 718 g/mol. The first kappa shape index (κ1) is 49.9. The van der Waals surface area contributed by atoms with Gasteiger partial charge in [0.25, 0.3) is 0 Å². The number of rotatable bonds is 42. The Bertz CT molecular complexity index is 735. The standard InChI is InChI=1S/C47H91NO3/c1-3-5-7-9-11-13-15-17-19-21-22-23-24-25-26-27-29-31-33-35-37-39-41-43-47(51)48-45(44-49)46(50)42-40-38-36-34-32-30-28-20-18-16-14-12-10-8-6-4-2/h15,17,21-22,45-46,49-50H,3-14,16,18-20,23-44H2,1-2H3,(H,48,51)/b17-15-,22-21-. The molecule has 0 aliphatic heterocycles. The van der Waals surface area contributed by atoms with E-state index < -0.39 is 12.1 Å². The largest absolute Gasteiger partial charge is 0.394 e. The summed E-state index contributed by atoms with van der Waals surface area (Å²) in [7, 11) is 0. The lowest BCUT2D eigenvalue weighted by atomic mass is 10.0. The third-order valence-corrected chi connectivity index (χ3v) is 10.7. The van der Waals surface area contributed by atoms with E-state index in [0.29, 0.717) is 12.8 Å². The molecule has 0 fully saturated rings. The van der Waals surface area contributed by atoms with Crippen molar-refractivity contribution in [1.82, 2.24) is 5.32 Å². The van der Waals surface area contributed by atoms with Gasteiger partial charge < -0.3 is 15.5 Å². The third-order valence-electron chi connectivity index (χ3n) is 10.7. The van der Waals surface area contributed by atoms with Crippen LogP contribution in [0.4, 0.5) is 0 Å². The number of hydrogen-bond donors (Lipinski definition) is 3. The van der Waals surface area contributed by atoms with E-state index in [2.05, 4.69) is 43.5 Å². The molecule has 0 aromatic heterocycles. The highest BCUT2D eigenvalue weighted by atomic mass is 16.3. The maximum atomic E-state index is 12.4. The Kier molecular flexibility index (Phi) is 42.3. The molecule has 3 N–H and O–H groups in total. The number of carbonyl (C=O) groups is 1. The predicted octanol–water partition coefficient (Wildman–Crippen LogP) is 14.4. The van der Waals surface area contributed by atoms with E-state index in [1.165, 1.54) is 193 Å². The van der Waals surface area contributed by atoms with E-state index in [1.807, 2.05) is 0 Å². The molecular weight excluding hydrogens is 627 g/mol. The molecule has 0 rings (SSSR count). The second kappa shape index (κ2) is 43.3. The average Bonchev–Trinajstić information content (AvgIpc) is 3.13. The highest BCUT2D eigenvalue weighted by molar-refractivity contribution is 5.76. The van der Waals surface area contributed by atoms with Gasteiger partial charge in [0.05, 0.1) is 18.8 Å². The van der Waals surface area contributed by atoms with Crippen LogP contribution in [-0.4, -0.2) is 34.9 Å². The van der Waals surface area contributed by atoms with Crippen LogP contribution in [0.5, 0.6) is 0 Å². The molecule has 302 valence electrons. The van der Waals surface area contributed by atoms with Gasteiger partial charge in [-0.3, -0.25) is 4.79 Å². The highest BCUT2D eigenvalue weighted by Gasteiger charge is 2.20. The van der Waals surface area contributed by atoms with Gasteiger partial charge in [-0.15, -0.1) is 0 Å². The fourth-order valence-electron chi connectivity index (χ4n) is 7.16. The summed E-state index contributed by atoms with van der Waals surface area (Å²) in [6, 6.07) is -0.535. The summed E-state index contributed by atoms with van der Waals surface area (Å²) < 4.78 is 0. The zero-order valence-electron chi connectivity index (χ0n) is 34.6. The quantitative estimate of drug-likeness (QED) is 0.0435. The van der Waals surface area contributed by atoms with Crippen LogP contribution in [0, 0.1) is 0 Å². The van der Waals surface area contributed by atoms with Crippen LogP contribution in [0.25, 0.3) is 0 Å². The number of hydrogen-bond acceptors (Lipinski definition) is 3. The molecule has 0 spiro atoms. The second-order valence-corrected chi connectivity index (χ2v) is 15.8. The summed E-state index contributed by atoms with van der Waals surface area (Å²) >= 11 is 0. The zero-order valence-corrected chi connectivity index (χ0v) is 34.6. The number of aliphatic hydroxyl groups is 2. The second-order valence-electron chi connectivity index (χ2n) is 15.8. The van der Waals surface area contributed by atoms with Gasteiger partial charge in [-0.2, -0.15) is 0 Å². The Morgan fingerprint density at radius 3 is 1.18 bits per heavy atom. The summed E-state index contributed by atoms with van der Waals surface area (Å²) in [5.74, 6) is -0.0316. The summed E-state index contributed by atoms with van der Waals surface area (Å²) in [6.07, 6.45) is 55.4. The van der Waals surface area contributed by atoms with E-state index in [9.17, 15) is 15.0 Å². The molecular formula is C47H91NO3. The van der Waals surface area contributed by atoms with Crippen molar-refractivity contribution in [2.24, 2.45) is 0 Å². The van der Waals surface area contributed by atoms with Gasteiger partial charge in [-0.05, 0) is 44.9 Å². The van der Waals surface area contributed by atoms with Crippen molar-refractivity contribution in [3.05, 3.63) is 24.3 Å². The van der Waals surface area contributed by atoms with Gasteiger partial charge in [0, 0.05) is 6.42 Å². The van der Waals surface area contributed by atoms with Crippen molar-refractivity contribution in [2.75, 3.05) is 6.61 Å². The van der Waals surface area contributed by atoms with Crippen molar-refractivity contribution in [1.29, 1.82) is 0 Å². The molecule has 0 saturated carbocycles. The van der Waals surface area contributed by atoms with Gasteiger partial charge in [0.2, 0.25) is 5.91 Å². The van der Waals surface area contributed by atoms with Crippen molar-refractivity contribution in [2.45, 2.75) is 264 Å². The van der Waals surface area contributed by atoms with Crippen LogP contribution in [0.1, 0.15) is 251 Å². The topological polar surface area (TPSA) is 69.6 Å². The van der Waals surface area contributed by atoms with Gasteiger partial charge in [0.15, 0.2) is 0 Å². The minimum atomic E-state index is -0.658. The lowest BCUT2D eigenvalue weighted by molar-refractivity contribution is -0.123. The molecule has 0 saturated heterocycles. The molecule has 0 aliphatic rings. The van der Waals surface area contributed by atoms with Crippen LogP contribution in [-0.2, 0) is 4.79 Å². The Morgan fingerprint density at radius 2 is 0.804 bits per heavy atom. The highest BCUT2D eigenvalue weighted by Crippen LogP contribution is 2.16. The van der Waals surface area contributed by atoms with Crippen LogP contribution < -0.4 is 5.32 Å². The molecule has 0 radical (unpaired) electrons. The number of allylic oxidation sites excluding steroid dienone is 4. The molecule has 1 amide bonds. The number of aliphatic hydroxyl groups excluding tert-OH is 2. The van der Waals surface area contributed by atoms with Crippen molar-refractivity contribution in [3.8, 4) is 0 Å². The first-order valence-corrected chi connectivity index (χ1v) is 23.0. The Balaban J connectivity index is 3.49. The molecule has 2 unspecified atom stereocenters. The van der Waals surface area contributed by atoms with Crippen molar-refractivity contribution in [3.63, 3.8) is 0 Å². The zero-order chi connectivity index (χ0) is 37.1. The van der Waals surface area contributed by atoms with Crippen LogP contribution in [0.2, 0.25) is 0 Å². The first-order valence-electron chi connectivity index (χ1n) is 23.0. The number of unbranched alkanes of at least 4 members (excludes halogenated alkanes) is 31. The van der Waals surface area contributed by atoms with E-state index >= 15 is 0 Å². The molecule has 0 aliphatic carbocycles. The lowest BCUT2D eigenvalue weighted by Crippen LogP contribution is -2.45. The molecule has 0 bridgehead atoms. The minimum Gasteiger partial charge on any atom is -0.394 e. The maximum absolute atomic E-state index is 12.4. The fourth-order valence-corrected chi connectivity index (χ4v) is 7.16. The van der Waals surface area contributed by atoms with Gasteiger partial charge in [-0.25, -0.2) is 0 Å². The molecule has 0 aromatic carbocycles. The Hall–Kier alpha value is -1.13. The monoisotopic (exact) mass is 718 g/mol. The molecule has 51 heavy (non-hydrogen) atoms. The van der Waals surface area contributed by atoms with Crippen molar-refractivity contribution < 1.29 is 15.0 Å². The predicted molar refractivity (Wildman–Crippen MR) is 225 cm³/mol. The normalized spacial score (nSPS) is 13.1. The lowest BCUT2D eigenvalue weighted by Gasteiger charge is -2.22. The minimum absolute atomic E-state index is 0.0316. The third kappa shape index (κ3) is 39.9. The first-order chi connectivity index (χ1) is 25.2. The molecule has 4 nitrogen and oxygen atoms in total. The van der Waals surface area contributed by atoms with Gasteiger partial charge >= 0.3 is 0 Å². The molecule has 2 atom stereocenters. The molecule has 0 heterocycles. The number of nitrogens with one attached hydrogen (secondary N) is 1. The van der Waals surface area contributed by atoms with E-state index in [4.69, 9.17) is 0 Å².